The van der Waals surface area contributed by atoms with Gasteiger partial charge in [0.2, 0.25) is 8.32 Å². The third kappa shape index (κ3) is 3.57. The lowest BCUT2D eigenvalue weighted by Crippen LogP contribution is -2.44. The molecule has 0 aliphatic heterocycles. The van der Waals surface area contributed by atoms with Crippen LogP contribution < -0.4 is 9.89 Å². The van der Waals surface area contributed by atoms with Crippen molar-refractivity contribution in [3.8, 4) is 5.75 Å². The smallest absolute Gasteiger partial charge is 0.488 e. The van der Waals surface area contributed by atoms with Crippen LogP contribution in [0.3, 0.4) is 0 Å². The highest BCUT2D eigenvalue weighted by molar-refractivity contribution is 6.74. The first-order valence-corrected chi connectivity index (χ1v) is 8.79. The van der Waals surface area contributed by atoms with E-state index in [1.807, 2.05) is 13.1 Å². The van der Waals surface area contributed by atoms with Gasteiger partial charge in [-0.3, -0.25) is 0 Å². The van der Waals surface area contributed by atoms with E-state index in [0.29, 0.717) is 5.75 Å². The Morgan fingerprint density at radius 2 is 1.72 bits per heavy atom. The summed E-state index contributed by atoms with van der Waals surface area (Å²) in [5, 5.41) is 18.1. The second-order valence-corrected chi connectivity index (χ2v) is 10.7. The van der Waals surface area contributed by atoms with Crippen LogP contribution in [-0.2, 0) is 0 Å². The van der Waals surface area contributed by atoms with E-state index in [0.717, 1.165) is 6.07 Å². The highest BCUT2D eigenvalue weighted by atomic mass is 28.4. The minimum atomic E-state index is -2.06. The molecule has 1 aromatic carbocycles. The number of hydrogen-bond acceptors (Lipinski definition) is 3. The van der Waals surface area contributed by atoms with E-state index in [1.54, 1.807) is 0 Å². The molecule has 2 N–H and O–H groups in total. The molecule has 0 aliphatic rings. The van der Waals surface area contributed by atoms with Crippen molar-refractivity contribution in [2.75, 3.05) is 0 Å². The lowest BCUT2D eigenvalue weighted by atomic mass is 9.80. The molecule has 0 spiro atoms. The van der Waals surface area contributed by atoms with Crippen LogP contribution in [0.1, 0.15) is 20.8 Å². The van der Waals surface area contributed by atoms with E-state index in [-0.39, 0.29) is 10.5 Å². The second kappa shape index (κ2) is 5.03. The summed E-state index contributed by atoms with van der Waals surface area (Å²) in [6.07, 6.45) is 0. The van der Waals surface area contributed by atoms with Gasteiger partial charge in [-0.1, -0.05) is 20.8 Å². The molecule has 100 valence electrons. The Balaban J connectivity index is 3.05. The molecule has 0 unspecified atom stereocenters. The van der Waals surface area contributed by atoms with Gasteiger partial charge in [0, 0.05) is 6.07 Å². The van der Waals surface area contributed by atoms with E-state index in [1.165, 1.54) is 12.1 Å². The highest BCUT2D eigenvalue weighted by Gasteiger charge is 2.39. The van der Waals surface area contributed by atoms with Crippen molar-refractivity contribution < 1.29 is 18.9 Å². The largest absolute Gasteiger partial charge is 0.543 e. The zero-order valence-electron chi connectivity index (χ0n) is 11.5. The van der Waals surface area contributed by atoms with Crippen LogP contribution in [0.15, 0.2) is 18.2 Å². The predicted octanol–water partition coefficient (Wildman–Crippen LogP) is 1.89. The maximum atomic E-state index is 13.4. The minimum Gasteiger partial charge on any atom is -0.543 e. The summed E-state index contributed by atoms with van der Waals surface area (Å²) in [5.41, 5.74) is 0.101. The Morgan fingerprint density at radius 1 is 1.17 bits per heavy atom. The fraction of sp³-hybridized carbons (Fsp3) is 0.500. The van der Waals surface area contributed by atoms with Gasteiger partial charge in [0.1, 0.15) is 11.6 Å². The molecule has 0 saturated heterocycles. The van der Waals surface area contributed by atoms with E-state index >= 15 is 0 Å². The minimum absolute atomic E-state index is 0.00267. The first-order chi connectivity index (χ1) is 8.03. The van der Waals surface area contributed by atoms with Crippen molar-refractivity contribution in [2.45, 2.75) is 38.9 Å². The maximum Gasteiger partial charge on any atom is 0.488 e. The molecule has 1 rings (SSSR count). The summed E-state index contributed by atoms with van der Waals surface area (Å²) in [5.74, 6) is -0.181. The number of hydrogen-bond donors (Lipinski definition) is 2. The molecule has 0 heterocycles. The zero-order valence-corrected chi connectivity index (χ0v) is 12.5. The van der Waals surface area contributed by atoms with Gasteiger partial charge < -0.3 is 14.5 Å². The summed E-state index contributed by atoms with van der Waals surface area (Å²) < 4.78 is 19.3. The van der Waals surface area contributed by atoms with Gasteiger partial charge >= 0.3 is 7.12 Å². The Hall–Kier alpha value is -0.848. The van der Waals surface area contributed by atoms with E-state index in [4.69, 9.17) is 14.5 Å². The first-order valence-electron chi connectivity index (χ1n) is 5.88. The zero-order chi connectivity index (χ0) is 14.1. The lowest BCUT2D eigenvalue weighted by Gasteiger charge is -2.36. The monoisotopic (exact) mass is 270 g/mol. The molecule has 0 fully saturated rings. The normalized spacial score (nSPS) is 12.4. The van der Waals surface area contributed by atoms with Crippen molar-refractivity contribution in [3.05, 3.63) is 24.0 Å². The van der Waals surface area contributed by atoms with Crippen LogP contribution in [0.5, 0.6) is 5.75 Å². The van der Waals surface area contributed by atoms with Crippen LogP contribution in [0, 0.1) is 5.82 Å². The molecule has 0 aromatic heterocycles. The highest BCUT2D eigenvalue weighted by Crippen LogP contribution is 2.37. The van der Waals surface area contributed by atoms with Gasteiger partial charge in [0.05, 0.1) is 0 Å². The summed E-state index contributed by atoms with van der Waals surface area (Å²) in [6, 6.07) is 3.82. The SMILES string of the molecule is CC(C)(C)[Si](C)(C)Oc1cc(F)cc(B(O)O)c1. The van der Waals surface area contributed by atoms with Crippen molar-refractivity contribution in [1.29, 1.82) is 0 Å². The van der Waals surface area contributed by atoms with E-state index < -0.39 is 21.3 Å². The van der Waals surface area contributed by atoms with Crippen molar-refractivity contribution in [3.63, 3.8) is 0 Å². The van der Waals surface area contributed by atoms with E-state index in [2.05, 4.69) is 20.8 Å². The van der Waals surface area contributed by atoms with Crippen molar-refractivity contribution >= 4 is 20.9 Å². The van der Waals surface area contributed by atoms with Gasteiger partial charge in [-0.2, -0.15) is 0 Å². The van der Waals surface area contributed by atoms with Gasteiger partial charge in [-0.15, -0.1) is 0 Å². The van der Waals surface area contributed by atoms with Gasteiger partial charge in [0.25, 0.3) is 0 Å². The average Bonchev–Trinajstić information content (AvgIpc) is 2.13. The van der Waals surface area contributed by atoms with Crippen LogP contribution in [0.4, 0.5) is 4.39 Å². The van der Waals surface area contributed by atoms with E-state index in [9.17, 15) is 4.39 Å². The fourth-order valence-electron chi connectivity index (χ4n) is 1.24. The van der Waals surface area contributed by atoms with Crippen LogP contribution in [0.25, 0.3) is 0 Å². The van der Waals surface area contributed by atoms with Gasteiger partial charge in [0.15, 0.2) is 0 Å². The fourth-order valence-corrected chi connectivity index (χ4v) is 2.25. The Kier molecular flexibility index (Phi) is 4.25. The number of halogens is 1. The molecule has 0 saturated carbocycles. The summed E-state index contributed by atoms with van der Waals surface area (Å²) >= 11 is 0. The molecule has 6 heteroatoms. The molecule has 0 atom stereocenters. The molecular formula is C12H20BFO3Si. The summed E-state index contributed by atoms with van der Waals surface area (Å²) in [7, 11) is -3.75. The third-order valence-electron chi connectivity index (χ3n) is 3.37. The summed E-state index contributed by atoms with van der Waals surface area (Å²) in [6.45, 7) is 10.3. The van der Waals surface area contributed by atoms with Gasteiger partial charge in [-0.05, 0) is 35.7 Å². The molecular weight excluding hydrogens is 250 g/mol. The Bertz CT molecular complexity index is 430. The molecule has 1 aromatic rings. The predicted molar refractivity (Wildman–Crippen MR) is 74.1 cm³/mol. The first kappa shape index (κ1) is 15.2. The molecule has 0 bridgehead atoms. The lowest BCUT2D eigenvalue weighted by molar-refractivity contribution is 0.424. The van der Waals surface area contributed by atoms with Crippen molar-refractivity contribution in [2.24, 2.45) is 0 Å². The maximum absolute atomic E-state index is 13.4. The third-order valence-corrected chi connectivity index (χ3v) is 7.73. The molecule has 0 radical (unpaired) electrons. The number of rotatable bonds is 3. The standard InChI is InChI=1S/C12H20BFO3Si/c1-12(2,3)18(4,5)17-11-7-9(13(15)16)6-10(14)8-11/h6-8,15-16H,1-5H3. The Morgan fingerprint density at radius 3 is 2.17 bits per heavy atom. The second-order valence-electron chi connectivity index (χ2n) is 5.96. The van der Waals surface area contributed by atoms with Crippen LogP contribution >= 0.6 is 0 Å². The van der Waals surface area contributed by atoms with Crippen LogP contribution in [-0.4, -0.2) is 25.5 Å². The molecule has 18 heavy (non-hydrogen) atoms. The number of benzene rings is 1. The molecule has 0 aliphatic carbocycles. The Labute approximate surface area is 109 Å². The average molecular weight is 270 g/mol. The van der Waals surface area contributed by atoms with Gasteiger partial charge in [-0.25, -0.2) is 4.39 Å². The molecule has 3 nitrogen and oxygen atoms in total. The quantitative estimate of drug-likeness (QED) is 0.825. The van der Waals surface area contributed by atoms with Crippen LogP contribution in [0.2, 0.25) is 18.1 Å². The van der Waals surface area contributed by atoms with Crippen molar-refractivity contribution in [1.82, 2.24) is 0 Å². The molecule has 0 amide bonds. The summed E-state index contributed by atoms with van der Waals surface area (Å²) in [4.78, 5) is 0. The topological polar surface area (TPSA) is 49.7 Å².